The van der Waals surface area contributed by atoms with Crippen LogP contribution >= 0.6 is 0 Å². The predicted octanol–water partition coefficient (Wildman–Crippen LogP) is 3.94. The van der Waals surface area contributed by atoms with Crippen LogP contribution in [0.3, 0.4) is 0 Å². The molecule has 0 bridgehead atoms. The average molecular weight is 1210 g/mol. The van der Waals surface area contributed by atoms with Crippen LogP contribution in [0.15, 0.2) is 91.0 Å². The van der Waals surface area contributed by atoms with E-state index in [-0.39, 0.29) is 6.61 Å². The third kappa shape index (κ3) is 21.3. The minimum absolute atomic E-state index is 0.0756. The fourth-order valence-corrected chi connectivity index (χ4v) is 12.0. The molecule has 0 unspecified atom stereocenters. The van der Waals surface area contributed by atoms with Crippen LogP contribution in [0.5, 0.6) is 0 Å². The number of carbonyl (C=O) groups is 12. The molecular weight excluding hydrogens is 1140 g/mol. The van der Waals surface area contributed by atoms with Crippen LogP contribution in [0.25, 0.3) is 0 Å². The smallest absolute Gasteiger partial charge is 0.347 e. The zero-order chi connectivity index (χ0) is 64.1. The normalized spacial score (nSPS) is 15.6. The first-order chi connectivity index (χ1) is 39.7. The van der Waals surface area contributed by atoms with Crippen molar-refractivity contribution in [2.75, 3.05) is 0 Å². The fourth-order valence-electron chi connectivity index (χ4n) is 7.35. The molecule has 0 amide bonds. The lowest BCUT2D eigenvalue weighted by Gasteiger charge is -2.44. The Bertz CT molecular complexity index is 2780. The van der Waals surface area contributed by atoms with Crippen molar-refractivity contribution in [3.05, 3.63) is 96.6 Å². The molecular formula is C59H74O25Si. The first kappa shape index (κ1) is 70.7. The van der Waals surface area contributed by atoms with E-state index in [0.29, 0.717) is 5.56 Å². The number of benzene rings is 3. The van der Waals surface area contributed by atoms with Crippen LogP contribution in [0.2, 0.25) is 5.04 Å². The van der Waals surface area contributed by atoms with Crippen LogP contribution in [-0.4, -0.2) is 153 Å². The fraction of sp³-hybridized carbons (Fsp3) is 0.492. The SMILES string of the molecule is C[C@H](O[Si](c1ccccc1)(c1ccccc1)C(C)(C)C)C(=O)O[C@H](C)C(=O)O[C@H](C)C(=O)O[C@H](C)C(=O)O[C@H](C)C(=O)O[C@H](C)C(=O)O[C@H](C)C(=O)O[C@H](C)C(=O)O[C@H](C)C(=O)O[C@H](C)C(=O)O[C@H](C)C(=O)O[C@H](C)C(=O)OCc1ccccc1. The van der Waals surface area contributed by atoms with Crippen LogP contribution in [0.1, 0.15) is 109 Å². The third-order valence-electron chi connectivity index (χ3n) is 12.2. The van der Waals surface area contributed by atoms with Gasteiger partial charge < -0.3 is 61.3 Å². The van der Waals surface area contributed by atoms with E-state index in [9.17, 15) is 57.5 Å². The Morgan fingerprint density at radius 3 is 0.694 bits per heavy atom. The largest absolute Gasteiger partial charge is 0.458 e. The van der Waals surface area contributed by atoms with Crippen molar-refractivity contribution in [3.8, 4) is 0 Å². The van der Waals surface area contributed by atoms with Gasteiger partial charge in [-0.1, -0.05) is 112 Å². The molecule has 0 aliphatic rings. The van der Waals surface area contributed by atoms with Crippen LogP contribution in [0, 0.1) is 0 Å². The van der Waals surface area contributed by atoms with E-state index in [1.165, 1.54) is 20.8 Å². The van der Waals surface area contributed by atoms with Gasteiger partial charge in [0.15, 0.2) is 67.1 Å². The molecule has 0 spiro atoms. The maximum atomic E-state index is 13.5. The zero-order valence-corrected chi connectivity index (χ0v) is 51.0. The minimum Gasteiger partial charge on any atom is -0.458 e. The molecule has 0 fully saturated rings. The van der Waals surface area contributed by atoms with Gasteiger partial charge in [-0.05, 0) is 104 Å². The highest BCUT2D eigenvalue weighted by molar-refractivity contribution is 6.99. The summed E-state index contributed by atoms with van der Waals surface area (Å²) >= 11 is 0. The van der Waals surface area contributed by atoms with Gasteiger partial charge in [0, 0.05) is 0 Å². The van der Waals surface area contributed by atoms with Crippen molar-refractivity contribution in [1.29, 1.82) is 0 Å². The standard InChI is InChI=1S/C59H74O25Si/c1-32(47(60)72-31-44-25-19-16-20-26-44)73-48(61)33(2)74-49(62)34(3)75-50(63)35(4)76-51(64)36(5)77-52(65)37(6)78-53(66)38(7)79-54(67)39(8)80-55(68)40(9)81-56(69)41(10)82-57(70)42(11)83-58(71)43(12)84-85(59(13,14)15,45-27-21-17-22-28-45)46-29-23-18-24-30-46/h16-30,32-43H,31H2,1-15H3/t32-,33-,34-,35-,36-,37-,38-,39-,40-,41-,42-,43+/m1/s1. The molecule has 0 saturated carbocycles. The van der Waals surface area contributed by atoms with Crippen molar-refractivity contribution in [2.45, 2.75) is 189 Å². The van der Waals surface area contributed by atoms with Gasteiger partial charge in [-0.3, -0.25) is 0 Å². The zero-order valence-electron chi connectivity index (χ0n) is 50.0. The van der Waals surface area contributed by atoms with Crippen molar-refractivity contribution >= 4 is 90.3 Å². The van der Waals surface area contributed by atoms with Gasteiger partial charge in [0.25, 0.3) is 8.32 Å². The highest BCUT2D eigenvalue weighted by atomic mass is 28.4. The molecule has 3 aromatic rings. The number of esters is 12. The molecule has 0 aromatic heterocycles. The summed E-state index contributed by atoms with van der Waals surface area (Å²) < 4.78 is 67.5. The Hall–Kier alpha value is -8.52. The molecule has 464 valence electrons. The second kappa shape index (κ2) is 32.5. The highest BCUT2D eigenvalue weighted by Gasteiger charge is 2.52. The average Bonchev–Trinajstić information content (AvgIpc) is 1.76. The monoisotopic (exact) mass is 1210 g/mol. The molecule has 12 atom stereocenters. The molecule has 25 nitrogen and oxygen atoms in total. The molecule has 0 aliphatic carbocycles. The van der Waals surface area contributed by atoms with Gasteiger partial charge in [-0.15, -0.1) is 0 Å². The van der Waals surface area contributed by atoms with Crippen LogP contribution < -0.4 is 10.4 Å². The Morgan fingerprint density at radius 2 is 0.482 bits per heavy atom. The number of carbonyl (C=O) groups excluding carboxylic acids is 12. The Kier molecular flexibility index (Phi) is 27.1. The van der Waals surface area contributed by atoms with E-state index in [4.69, 9.17) is 61.3 Å². The lowest BCUT2D eigenvalue weighted by atomic mass is 10.2. The molecule has 0 heterocycles. The van der Waals surface area contributed by atoms with Gasteiger partial charge >= 0.3 is 71.6 Å². The summed E-state index contributed by atoms with van der Waals surface area (Å²) in [6, 6.07) is 27.8. The second-order valence-electron chi connectivity index (χ2n) is 20.4. The van der Waals surface area contributed by atoms with Crippen molar-refractivity contribution < 1.29 is 119 Å². The van der Waals surface area contributed by atoms with Crippen molar-refractivity contribution in [1.82, 2.24) is 0 Å². The minimum atomic E-state index is -3.20. The van der Waals surface area contributed by atoms with Gasteiger partial charge in [-0.25, -0.2) is 57.5 Å². The summed E-state index contributed by atoms with van der Waals surface area (Å²) in [5, 5.41) is 1.33. The molecule has 0 radical (unpaired) electrons. The highest BCUT2D eigenvalue weighted by Crippen LogP contribution is 2.37. The molecule has 3 rings (SSSR count). The summed E-state index contributed by atoms with van der Waals surface area (Å²) in [7, 11) is -3.20. The van der Waals surface area contributed by atoms with E-state index >= 15 is 0 Å². The molecule has 0 N–H and O–H groups in total. The van der Waals surface area contributed by atoms with E-state index in [1.807, 2.05) is 81.4 Å². The summed E-state index contributed by atoms with van der Waals surface area (Å²) in [4.78, 5) is 153. The maximum absolute atomic E-state index is 13.5. The Labute approximate surface area is 492 Å². The lowest BCUT2D eigenvalue weighted by molar-refractivity contribution is -0.190. The van der Waals surface area contributed by atoms with Crippen molar-refractivity contribution in [3.63, 3.8) is 0 Å². The van der Waals surface area contributed by atoms with E-state index in [2.05, 4.69) is 0 Å². The number of hydrogen-bond donors (Lipinski definition) is 0. The van der Waals surface area contributed by atoms with Gasteiger partial charge in [0.1, 0.15) is 12.7 Å². The molecule has 0 saturated heterocycles. The first-order valence-corrected chi connectivity index (χ1v) is 28.9. The lowest BCUT2D eigenvalue weighted by Crippen LogP contribution is -2.68. The van der Waals surface area contributed by atoms with Crippen molar-refractivity contribution in [2.24, 2.45) is 0 Å². The topological polar surface area (TPSA) is 325 Å². The summed E-state index contributed by atoms with van der Waals surface area (Å²) in [5.74, 6) is -14.0. The number of rotatable bonds is 29. The quantitative estimate of drug-likeness (QED) is 0.0539. The summed E-state index contributed by atoms with van der Waals surface area (Å²) in [6.07, 6.45) is -19.1. The van der Waals surface area contributed by atoms with Crippen LogP contribution in [0.4, 0.5) is 0 Å². The van der Waals surface area contributed by atoms with Crippen LogP contribution in [-0.2, 0) is 125 Å². The third-order valence-corrected chi connectivity index (χ3v) is 17.3. The molecule has 3 aromatic carbocycles. The number of ether oxygens (including phenoxy) is 12. The maximum Gasteiger partial charge on any atom is 0.347 e. The first-order valence-electron chi connectivity index (χ1n) is 26.9. The van der Waals surface area contributed by atoms with Gasteiger partial charge in [0.2, 0.25) is 0 Å². The molecule has 85 heavy (non-hydrogen) atoms. The van der Waals surface area contributed by atoms with E-state index in [0.717, 1.165) is 72.7 Å². The Morgan fingerprint density at radius 1 is 0.294 bits per heavy atom. The van der Waals surface area contributed by atoms with Gasteiger partial charge in [-0.2, -0.15) is 0 Å². The Balaban J connectivity index is 1.40. The summed E-state index contributed by atoms with van der Waals surface area (Å²) in [5.41, 5.74) is 0.694. The van der Waals surface area contributed by atoms with E-state index in [1.54, 1.807) is 30.3 Å². The molecule has 26 heteroatoms. The number of hydrogen-bond acceptors (Lipinski definition) is 25. The van der Waals surface area contributed by atoms with E-state index < -0.39 is 158 Å². The van der Waals surface area contributed by atoms with Gasteiger partial charge in [0.05, 0.1) is 0 Å². The predicted molar refractivity (Wildman–Crippen MR) is 296 cm³/mol. The molecule has 0 aliphatic heterocycles. The summed E-state index contributed by atoms with van der Waals surface area (Å²) in [6.45, 7) is 19.8. The second-order valence-corrected chi connectivity index (χ2v) is 24.6.